The lowest BCUT2D eigenvalue weighted by Crippen LogP contribution is -2.41. The van der Waals surface area contributed by atoms with E-state index >= 15 is 0 Å². The summed E-state index contributed by atoms with van der Waals surface area (Å²) in [5.41, 5.74) is -0.549. The van der Waals surface area contributed by atoms with E-state index in [9.17, 15) is 14.4 Å². The molecule has 0 aromatic rings. The zero-order valence-corrected chi connectivity index (χ0v) is 12.7. The molecule has 2 aliphatic rings. The maximum absolute atomic E-state index is 12.0. The molecule has 2 rings (SSSR count). The molecular weight excluding hydrogens is 276 g/mol. The van der Waals surface area contributed by atoms with Crippen molar-refractivity contribution in [2.24, 2.45) is 5.92 Å². The summed E-state index contributed by atoms with van der Waals surface area (Å²) in [6.07, 6.45) is 0.335. The summed E-state index contributed by atoms with van der Waals surface area (Å²) < 4.78 is 5.31. The summed E-state index contributed by atoms with van der Waals surface area (Å²) in [6.45, 7) is 6.59. The smallest absolute Gasteiger partial charge is 0.410 e. The maximum Gasteiger partial charge on any atom is 0.410 e. The van der Waals surface area contributed by atoms with E-state index in [1.165, 1.54) is 0 Å². The maximum atomic E-state index is 12.0. The first-order chi connectivity index (χ1) is 9.67. The van der Waals surface area contributed by atoms with Crippen molar-refractivity contribution in [3.05, 3.63) is 0 Å². The zero-order valence-electron chi connectivity index (χ0n) is 12.7. The molecule has 21 heavy (non-hydrogen) atoms. The van der Waals surface area contributed by atoms with Crippen LogP contribution in [-0.2, 0) is 14.3 Å². The Kier molecular flexibility index (Phi) is 4.11. The lowest BCUT2D eigenvalue weighted by Gasteiger charge is -2.26. The highest BCUT2D eigenvalue weighted by Gasteiger charge is 2.41. The number of amides is 2. The fraction of sp³-hybridized carbons (Fsp3) is 0.786. The topological polar surface area (TPSA) is 87.2 Å². The zero-order chi connectivity index (χ0) is 15.8. The molecule has 2 amide bonds. The third kappa shape index (κ3) is 3.65. The number of carbonyl (C=O) groups excluding carboxylic acids is 2. The second-order valence-electron chi connectivity index (χ2n) is 6.65. The van der Waals surface area contributed by atoms with Crippen LogP contribution in [0.25, 0.3) is 0 Å². The van der Waals surface area contributed by atoms with E-state index in [1.54, 1.807) is 30.6 Å². The Labute approximate surface area is 123 Å². The van der Waals surface area contributed by atoms with Gasteiger partial charge in [0.15, 0.2) is 0 Å². The Morgan fingerprint density at radius 3 is 2.48 bits per heavy atom. The molecular formula is C14H22N2O5. The van der Waals surface area contributed by atoms with E-state index in [-0.39, 0.29) is 31.0 Å². The van der Waals surface area contributed by atoms with E-state index in [1.807, 2.05) is 0 Å². The summed E-state index contributed by atoms with van der Waals surface area (Å²) in [5, 5.41) is 9.00. The van der Waals surface area contributed by atoms with E-state index in [2.05, 4.69) is 0 Å². The molecule has 2 fully saturated rings. The number of nitrogens with zero attached hydrogens (tertiary/aromatic N) is 2. The highest BCUT2D eigenvalue weighted by molar-refractivity contribution is 5.86. The number of carbonyl (C=O) groups is 3. The molecule has 2 saturated heterocycles. The Balaban J connectivity index is 1.92. The molecule has 1 N–H and O–H groups in total. The Morgan fingerprint density at radius 2 is 1.95 bits per heavy atom. The molecule has 2 unspecified atom stereocenters. The standard InChI is InChI=1S/C14H22N2O5/c1-14(2,3)21-13(20)15-5-4-10(8-15)16-7-9(12(18)19)6-11(16)17/h9-10H,4-8H2,1-3H3,(H,18,19). The third-order valence-electron chi connectivity index (χ3n) is 3.76. The van der Waals surface area contributed by atoms with Crippen LogP contribution < -0.4 is 0 Å². The Morgan fingerprint density at radius 1 is 1.29 bits per heavy atom. The first-order valence-corrected chi connectivity index (χ1v) is 7.17. The summed E-state index contributed by atoms with van der Waals surface area (Å²) >= 11 is 0. The summed E-state index contributed by atoms with van der Waals surface area (Å²) in [5.74, 6) is -1.71. The number of likely N-dealkylation sites (tertiary alicyclic amines) is 2. The number of ether oxygens (including phenoxy) is 1. The van der Waals surface area contributed by atoms with Gasteiger partial charge in [-0.3, -0.25) is 9.59 Å². The average Bonchev–Trinajstić information content (AvgIpc) is 2.92. The molecule has 7 nitrogen and oxygen atoms in total. The van der Waals surface area contributed by atoms with Crippen molar-refractivity contribution in [3.8, 4) is 0 Å². The van der Waals surface area contributed by atoms with E-state index in [4.69, 9.17) is 9.84 Å². The van der Waals surface area contributed by atoms with Crippen molar-refractivity contribution < 1.29 is 24.2 Å². The lowest BCUT2D eigenvalue weighted by molar-refractivity contribution is -0.141. The van der Waals surface area contributed by atoms with Gasteiger partial charge in [-0.25, -0.2) is 4.79 Å². The number of hydrogen-bond acceptors (Lipinski definition) is 4. The number of rotatable bonds is 2. The van der Waals surface area contributed by atoms with E-state index in [0.29, 0.717) is 19.5 Å². The second kappa shape index (κ2) is 5.54. The van der Waals surface area contributed by atoms with Crippen LogP contribution in [0.4, 0.5) is 4.79 Å². The van der Waals surface area contributed by atoms with Crippen LogP contribution >= 0.6 is 0 Å². The molecule has 0 saturated carbocycles. The van der Waals surface area contributed by atoms with Crippen molar-refractivity contribution >= 4 is 18.0 Å². The summed E-state index contributed by atoms with van der Waals surface area (Å²) in [6, 6.07) is -0.102. The predicted molar refractivity (Wildman–Crippen MR) is 73.7 cm³/mol. The highest BCUT2D eigenvalue weighted by atomic mass is 16.6. The van der Waals surface area contributed by atoms with Gasteiger partial charge in [0.05, 0.1) is 12.0 Å². The lowest BCUT2D eigenvalue weighted by atomic mass is 10.1. The second-order valence-corrected chi connectivity index (χ2v) is 6.65. The summed E-state index contributed by atoms with van der Waals surface area (Å²) in [7, 11) is 0. The number of hydrogen-bond donors (Lipinski definition) is 1. The van der Waals surface area contributed by atoms with Gasteiger partial charge in [-0.15, -0.1) is 0 Å². The summed E-state index contributed by atoms with van der Waals surface area (Å²) in [4.78, 5) is 38.0. The van der Waals surface area contributed by atoms with Crippen LogP contribution in [0, 0.1) is 5.92 Å². The van der Waals surface area contributed by atoms with Crippen LogP contribution in [-0.4, -0.2) is 64.2 Å². The predicted octanol–water partition coefficient (Wildman–Crippen LogP) is 0.929. The minimum atomic E-state index is -0.937. The molecule has 2 aliphatic heterocycles. The van der Waals surface area contributed by atoms with Gasteiger partial charge < -0.3 is 19.6 Å². The third-order valence-corrected chi connectivity index (χ3v) is 3.76. The molecule has 7 heteroatoms. The number of carboxylic acid groups (broad SMARTS) is 1. The monoisotopic (exact) mass is 298 g/mol. The van der Waals surface area contributed by atoms with E-state index < -0.39 is 17.5 Å². The number of carboxylic acids is 1. The van der Waals surface area contributed by atoms with Crippen LogP contribution in [0.5, 0.6) is 0 Å². The van der Waals surface area contributed by atoms with Crippen molar-refractivity contribution in [2.75, 3.05) is 19.6 Å². The minimum absolute atomic E-state index is 0.0538. The quantitative estimate of drug-likeness (QED) is 0.819. The molecule has 118 valence electrons. The molecule has 0 aromatic heterocycles. The van der Waals surface area contributed by atoms with Crippen LogP contribution in [0.15, 0.2) is 0 Å². The molecule has 0 spiro atoms. The van der Waals surface area contributed by atoms with Crippen molar-refractivity contribution in [3.63, 3.8) is 0 Å². The molecule has 2 atom stereocenters. The molecule has 0 radical (unpaired) electrons. The fourth-order valence-corrected chi connectivity index (χ4v) is 2.74. The van der Waals surface area contributed by atoms with Crippen molar-refractivity contribution in [1.82, 2.24) is 9.80 Å². The van der Waals surface area contributed by atoms with Gasteiger partial charge >= 0.3 is 12.1 Å². The Bertz CT molecular complexity index is 457. The van der Waals surface area contributed by atoms with Crippen LogP contribution in [0.3, 0.4) is 0 Å². The molecule has 0 bridgehead atoms. The van der Waals surface area contributed by atoms with Crippen molar-refractivity contribution in [2.45, 2.75) is 45.3 Å². The molecule has 0 aromatic carbocycles. The normalized spacial score (nSPS) is 26.3. The van der Waals surface area contributed by atoms with Crippen molar-refractivity contribution in [1.29, 1.82) is 0 Å². The van der Waals surface area contributed by atoms with Crippen LogP contribution in [0.1, 0.15) is 33.6 Å². The first kappa shape index (κ1) is 15.6. The fourth-order valence-electron chi connectivity index (χ4n) is 2.74. The number of aliphatic carboxylic acids is 1. The minimum Gasteiger partial charge on any atom is -0.481 e. The molecule has 2 heterocycles. The van der Waals surface area contributed by atoms with Gasteiger partial charge in [0.25, 0.3) is 0 Å². The SMILES string of the molecule is CC(C)(C)OC(=O)N1CCC(N2CC(C(=O)O)CC2=O)C1. The Hall–Kier alpha value is -1.79. The van der Waals surface area contributed by atoms with Gasteiger partial charge in [-0.2, -0.15) is 0 Å². The van der Waals surface area contributed by atoms with Crippen LogP contribution in [0.2, 0.25) is 0 Å². The van der Waals surface area contributed by atoms with Gasteiger partial charge in [0.2, 0.25) is 5.91 Å². The van der Waals surface area contributed by atoms with Gasteiger partial charge in [-0.05, 0) is 27.2 Å². The van der Waals surface area contributed by atoms with E-state index in [0.717, 1.165) is 0 Å². The first-order valence-electron chi connectivity index (χ1n) is 7.17. The largest absolute Gasteiger partial charge is 0.481 e. The molecule has 0 aliphatic carbocycles. The van der Waals surface area contributed by atoms with Gasteiger partial charge in [-0.1, -0.05) is 0 Å². The average molecular weight is 298 g/mol. The van der Waals surface area contributed by atoms with Gasteiger partial charge in [0, 0.05) is 26.1 Å². The highest BCUT2D eigenvalue weighted by Crippen LogP contribution is 2.26. The van der Waals surface area contributed by atoms with Gasteiger partial charge in [0.1, 0.15) is 5.60 Å².